The zero-order valence-electron chi connectivity index (χ0n) is 12.6. The molecule has 0 unspecified atom stereocenters. The molecule has 0 fully saturated rings. The number of carbonyl (C=O) groups is 1. The highest BCUT2D eigenvalue weighted by atomic mass is 32.2. The van der Waals surface area contributed by atoms with E-state index in [0.29, 0.717) is 12.2 Å². The average molecular weight is 315 g/mol. The molecule has 0 spiro atoms. The summed E-state index contributed by atoms with van der Waals surface area (Å²) < 4.78 is 31.1. The van der Waals surface area contributed by atoms with E-state index in [1.807, 2.05) is 0 Å². The Morgan fingerprint density at radius 2 is 2.05 bits per heavy atom. The fourth-order valence-corrected chi connectivity index (χ4v) is 3.04. The first-order chi connectivity index (χ1) is 9.73. The summed E-state index contributed by atoms with van der Waals surface area (Å²) in [6.07, 6.45) is 0. The van der Waals surface area contributed by atoms with E-state index in [0.717, 1.165) is 9.87 Å². The highest BCUT2D eigenvalue weighted by molar-refractivity contribution is 7.89. The van der Waals surface area contributed by atoms with Gasteiger partial charge in [0, 0.05) is 19.3 Å². The van der Waals surface area contributed by atoms with Crippen molar-refractivity contribution in [1.82, 2.24) is 9.62 Å². The largest absolute Gasteiger partial charge is 0.495 e. The zero-order valence-corrected chi connectivity index (χ0v) is 13.5. The van der Waals surface area contributed by atoms with E-state index in [1.54, 1.807) is 19.9 Å². The molecule has 0 heterocycles. The molecule has 0 aromatic heterocycles. The minimum absolute atomic E-state index is 0.0556. The third-order valence-electron chi connectivity index (χ3n) is 2.98. The monoisotopic (exact) mass is 315 g/mol. The predicted octanol–water partition coefficient (Wildman–Crippen LogP) is 0.342. The maximum atomic E-state index is 12.5. The maximum Gasteiger partial charge on any atom is 0.247 e. The Balaban J connectivity index is 3.18. The predicted molar refractivity (Wildman–Crippen MR) is 80.6 cm³/mol. The molecule has 0 atom stereocenters. The summed E-state index contributed by atoms with van der Waals surface area (Å²) in [7, 11) is -1.15. The Kier molecular flexibility index (Phi) is 5.56. The van der Waals surface area contributed by atoms with E-state index in [4.69, 9.17) is 10.5 Å². The summed E-state index contributed by atoms with van der Waals surface area (Å²) in [5, 5.41) is 2.55. The number of benzene rings is 1. The Labute approximate surface area is 125 Å². The van der Waals surface area contributed by atoms with Gasteiger partial charge in [-0.05, 0) is 31.5 Å². The van der Waals surface area contributed by atoms with Crippen LogP contribution in [0.3, 0.4) is 0 Å². The highest BCUT2D eigenvalue weighted by Crippen LogP contribution is 2.30. The summed E-state index contributed by atoms with van der Waals surface area (Å²) >= 11 is 0. The lowest BCUT2D eigenvalue weighted by Crippen LogP contribution is -2.38. The molecule has 118 valence electrons. The van der Waals surface area contributed by atoms with Crippen LogP contribution in [0.4, 0.5) is 5.69 Å². The number of hydrogen-bond donors (Lipinski definition) is 2. The van der Waals surface area contributed by atoms with Gasteiger partial charge in [0.25, 0.3) is 0 Å². The molecule has 8 heteroatoms. The second kappa shape index (κ2) is 6.77. The first-order valence-electron chi connectivity index (χ1n) is 6.41. The molecule has 1 aromatic rings. The number of rotatable bonds is 6. The third-order valence-corrected chi connectivity index (χ3v) is 4.81. The smallest absolute Gasteiger partial charge is 0.247 e. The van der Waals surface area contributed by atoms with Crippen LogP contribution in [-0.4, -0.2) is 45.9 Å². The SMILES string of the molecule is CCNC(=O)CN(C)S(=O)(=O)c1cc(N)c(C)cc1OC. The minimum atomic E-state index is -3.87. The number of nitrogen functional groups attached to an aromatic ring is 1. The first-order valence-corrected chi connectivity index (χ1v) is 7.85. The molecule has 7 nitrogen and oxygen atoms in total. The molecule has 0 bridgehead atoms. The number of nitrogens with two attached hydrogens (primary N) is 1. The van der Waals surface area contributed by atoms with Crippen LogP contribution in [0, 0.1) is 6.92 Å². The second-order valence-electron chi connectivity index (χ2n) is 4.57. The molecule has 0 radical (unpaired) electrons. The number of nitrogens with one attached hydrogen (secondary N) is 1. The number of anilines is 1. The lowest BCUT2D eigenvalue weighted by atomic mass is 10.2. The Morgan fingerprint density at radius 1 is 1.43 bits per heavy atom. The highest BCUT2D eigenvalue weighted by Gasteiger charge is 2.27. The van der Waals surface area contributed by atoms with Gasteiger partial charge >= 0.3 is 0 Å². The van der Waals surface area contributed by atoms with Gasteiger partial charge in [0.15, 0.2) is 0 Å². The number of ether oxygens (including phenoxy) is 1. The molecule has 1 amide bonds. The number of amides is 1. The van der Waals surface area contributed by atoms with Gasteiger partial charge in [-0.3, -0.25) is 4.79 Å². The molecule has 0 aliphatic heterocycles. The first kappa shape index (κ1) is 17.3. The molecule has 1 aromatic carbocycles. The minimum Gasteiger partial charge on any atom is -0.495 e. The third kappa shape index (κ3) is 3.85. The fourth-order valence-electron chi connectivity index (χ4n) is 1.75. The van der Waals surface area contributed by atoms with E-state index < -0.39 is 10.0 Å². The van der Waals surface area contributed by atoms with Crippen molar-refractivity contribution in [1.29, 1.82) is 0 Å². The average Bonchev–Trinajstić information content (AvgIpc) is 2.41. The maximum absolute atomic E-state index is 12.5. The summed E-state index contributed by atoms with van der Waals surface area (Å²) in [4.78, 5) is 11.5. The molecule has 0 saturated heterocycles. The van der Waals surface area contributed by atoms with E-state index in [2.05, 4.69) is 5.32 Å². The van der Waals surface area contributed by atoms with Gasteiger partial charge in [-0.2, -0.15) is 4.31 Å². The number of hydrogen-bond acceptors (Lipinski definition) is 5. The quantitative estimate of drug-likeness (QED) is 0.737. The van der Waals surface area contributed by atoms with Gasteiger partial charge in [-0.15, -0.1) is 0 Å². The van der Waals surface area contributed by atoms with Crippen LogP contribution in [0.15, 0.2) is 17.0 Å². The number of methoxy groups -OCH3 is 1. The van der Waals surface area contributed by atoms with Gasteiger partial charge in [0.05, 0.1) is 13.7 Å². The van der Waals surface area contributed by atoms with Crippen molar-refractivity contribution in [3.63, 3.8) is 0 Å². The van der Waals surface area contributed by atoms with Crippen molar-refractivity contribution in [2.75, 3.05) is 33.0 Å². The summed E-state index contributed by atoms with van der Waals surface area (Å²) in [6.45, 7) is 3.68. The van der Waals surface area contributed by atoms with Crippen molar-refractivity contribution in [3.8, 4) is 5.75 Å². The number of nitrogens with zero attached hydrogens (tertiary/aromatic N) is 1. The molecule has 0 aliphatic carbocycles. The summed E-state index contributed by atoms with van der Waals surface area (Å²) in [6, 6.07) is 2.90. The van der Waals surface area contributed by atoms with Crippen LogP contribution < -0.4 is 15.8 Å². The van der Waals surface area contributed by atoms with Crippen molar-refractivity contribution in [2.45, 2.75) is 18.7 Å². The lowest BCUT2D eigenvalue weighted by molar-refractivity contribution is -0.121. The van der Waals surface area contributed by atoms with E-state index in [1.165, 1.54) is 20.2 Å². The molecular weight excluding hydrogens is 294 g/mol. The van der Waals surface area contributed by atoms with Gasteiger partial charge in [-0.25, -0.2) is 8.42 Å². The summed E-state index contributed by atoms with van der Waals surface area (Å²) in [5.41, 5.74) is 6.84. The number of aryl methyl sites for hydroxylation is 1. The van der Waals surface area contributed by atoms with Crippen LogP contribution in [-0.2, 0) is 14.8 Å². The fraction of sp³-hybridized carbons (Fsp3) is 0.462. The topological polar surface area (TPSA) is 102 Å². The summed E-state index contributed by atoms with van der Waals surface area (Å²) in [5.74, 6) is -0.174. The molecular formula is C13H21N3O4S. The van der Waals surface area contributed by atoms with Crippen molar-refractivity contribution < 1.29 is 17.9 Å². The van der Waals surface area contributed by atoms with Crippen LogP contribution >= 0.6 is 0 Å². The van der Waals surface area contributed by atoms with Gasteiger partial charge in [0.1, 0.15) is 10.6 Å². The number of likely N-dealkylation sites (N-methyl/N-ethyl adjacent to an activating group) is 2. The van der Waals surface area contributed by atoms with Gasteiger partial charge in [0.2, 0.25) is 15.9 Å². The van der Waals surface area contributed by atoms with Crippen LogP contribution in [0.25, 0.3) is 0 Å². The van der Waals surface area contributed by atoms with E-state index in [-0.39, 0.29) is 23.1 Å². The van der Waals surface area contributed by atoms with Crippen molar-refractivity contribution in [2.24, 2.45) is 0 Å². The van der Waals surface area contributed by atoms with Crippen LogP contribution in [0.1, 0.15) is 12.5 Å². The second-order valence-corrected chi connectivity index (χ2v) is 6.59. The molecule has 0 saturated carbocycles. The van der Waals surface area contributed by atoms with Crippen molar-refractivity contribution in [3.05, 3.63) is 17.7 Å². The Bertz CT molecular complexity index is 629. The van der Waals surface area contributed by atoms with E-state index >= 15 is 0 Å². The van der Waals surface area contributed by atoms with Crippen LogP contribution in [0.2, 0.25) is 0 Å². The molecule has 21 heavy (non-hydrogen) atoms. The Morgan fingerprint density at radius 3 is 2.57 bits per heavy atom. The van der Waals surface area contributed by atoms with Crippen LogP contribution in [0.5, 0.6) is 5.75 Å². The standard InChI is InChI=1S/C13H21N3O4S/c1-5-15-13(17)8-16(3)21(18,19)12-7-10(14)9(2)6-11(12)20-4/h6-7H,5,8,14H2,1-4H3,(H,15,17). The van der Waals surface area contributed by atoms with Gasteiger partial charge < -0.3 is 15.8 Å². The molecule has 1 rings (SSSR count). The Hall–Kier alpha value is -1.80. The lowest BCUT2D eigenvalue weighted by Gasteiger charge is -2.19. The zero-order chi connectivity index (χ0) is 16.2. The van der Waals surface area contributed by atoms with Gasteiger partial charge in [-0.1, -0.05) is 0 Å². The van der Waals surface area contributed by atoms with Crippen molar-refractivity contribution >= 4 is 21.6 Å². The number of carbonyl (C=O) groups excluding carboxylic acids is 1. The normalized spacial score (nSPS) is 11.5. The molecule has 3 N–H and O–H groups in total. The molecule has 0 aliphatic rings. The van der Waals surface area contributed by atoms with E-state index in [9.17, 15) is 13.2 Å². The number of sulfonamides is 1.